The molecule has 0 saturated heterocycles. The molecule has 0 aliphatic heterocycles. The third-order valence-electron chi connectivity index (χ3n) is 3.78. The van der Waals surface area contributed by atoms with Crippen LogP contribution in [0.5, 0.6) is 0 Å². The highest BCUT2D eigenvalue weighted by atomic mass is 35.5. The summed E-state index contributed by atoms with van der Waals surface area (Å²) in [6.07, 6.45) is 0. The molecular weight excluding hydrogens is 319 g/mol. The van der Waals surface area contributed by atoms with Crippen LogP contribution in [0.4, 0.5) is 9.18 Å². The lowest BCUT2D eigenvalue weighted by Gasteiger charge is -2.15. The topological polar surface area (TPSA) is 59.0 Å². The van der Waals surface area contributed by atoms with Crippen molar-refractivity contribution in [2.24, 2.45) is 7.05 Å². The van der Waals surface area contributed by atoms with Crippen molar-refractivity contribution in [3.8, 4) is 0 Å². The number of aromatic nitrogens is 2. The number of amides is 2. The first-order valence-corrected chi connectivity index (χ1v) is 7.65. The van der Waals surface area contributed by atoms with Crippen molar-refractivity contribution in [2.75, 3.05) is 0 Å². The molecule has 2 N–H and O–H groups in total. The van der Waals surface area contributed by atoms with Gasteiger partial charge in [0.25, 0.3) is 0 Å². The van der Waals surface area contributed by atoms with Crippen molar-refractivity contribution in [1.29, 1.82) is 0 Å². The highest BCUT2D eigenvalue weighted by Crippen LogP contribution is 2.20. The number of hydrogen-bond acceptors (Lipinski definition) is 2. The maximum atomic E-state index is 13.1. The SMILES string of the molecule is Cc1nn(C)c(C)c1[C@H](C)NC(=O)NCc1ccc(F)c(Cl)c1. The predicted octanol–water partition coefficient (Wildman–Crippen LogP) is 3.39. The molecule has 0 radical (unpaired) electrons. The number of halogens is 2. The molecule has 0 aliphatic carbocycles. The first-order valence-electron chi connectivity index (χ1n) is 7.28. The van der Waals surface area contributed by atoms with E-state index in [0.717, 1.165) is 22.5 Å². The fourth-order valence-electron chi connectivity index (χ4n) is 2.57. The maximum Gasteiger partial charge on any atom is 0.315 e. The van der Waals surface area contributed by atoms with Crippen molar-refractivity contribution >= 4 is 17.6 Å². The number of nitrogens with zero attached hydrogens (tertiary/aromatic N) is 2. The summed E-state index contributed by atoms with van der Waals surface area (Å²) in [5, 5.41) is 10.00. The van der Waals surface area contributed by atoms with E-state index < -0.39 is 5.82 Å². The number of nitrogens with one attached hydrogen (secondary N) is 2. The normalized spacial score (nSPS) is 12.1. The molecule has 0 fully saturated rings. The highest BCUT2D eigenvalue weighted by molar-refractivity contribution is 6.30. The average molecular weight is 339 g/mol. The smallest absolute Gasteiger partial charge is 0.315 e. The standard InChI is InChI=1S/C16H20ClFN4O/c1-9(15-10(2)21-22(4)11(15)3)20-16(23)19-8-12-5-6-14(18)13(17)7-12/h5-7,9H,8H2,1-4H3,(H2,19,20,23)/t9-/m0/s1. The van der Waals surface area contributed by atoms with Crippen LogP contribution in [-0.2, 0) is 13.6 Å². The molecule has 0 spiro atoms. The van der Waals surface area contributed by atoms with Gasteiger partial charge >= 0.3 is 6.03 Å². The van der Waals surface area contributed by atoms with Crippen LogP contribution >= 0.6 is 11.6 Å². The summed E-state index contributed by atoms with van der Waals surface area (Å²) in [6.45, 7) is 6.06. The minimum Gasteiger partial charge on any atom is -0.334 e. The predicted molar refractivity (Wildman–Crippen MR) is 87.9 cm³/mol. The summed E-state index contributed by atoms with van der Waals surface area (Å²) in [5.41, 5.74) is 3.64. The lowest BCUT2D eigenvalue weighted by atomic mass is 10.1. The number of rotatable bonds is 4. The van der Waals surface area contributed by atoms with E-state index in [1.165, 1.54) is 12.1 Å². The van der Waals surface area contributed by atoms with Gasteiger partial charge in [-0.3, -0.25) is 4.68 Å². The second kappa shape index (κ2) is 7.00. The van der Waals surface area contributed by atoms with Gasteiger partial charge in [0.2, 0.25) is 0 Å². The number of carbonyl (C=O) groups is 1. The highest BCUT2D eigenvalue weighted by Gasteiger charge is 2.17. The van der Waals surface area contributed by atoms with E-state index in [0.29, 0.717) is 0 Å². The van der Waals surface area contributed by atoms with Crippen LogP contribution in [-0.4, -0.2) is 15.8 Å². The zero-order valence-electron chi connectivity index (χ0n) is 13.6. The lowest BCUT2D eigenvalue weighted by molar-refractivity contribution is 0.237. The van der Waals surface area contributed by atoms with Gasteiger partial charge in [0.1, 0.15) is 5.82 Å². The second-order valence-corrected chi connectivity index (χ2v) is 5.91. The van der Waals surface area contributed by atoms with Crippen LogP contribution in [0.25, 0.3) is 0 Å². The Bertz CT molecular complexity index is 729. The molecular formula is C16H20ClFN4O. The number of carbonyl (C=O) groups excluding carboxylic acids is 1. The fraction of sp³-hybridized carbons (Fsp3) is 0.375. The third kappa shape index (κ3) is 4.01. The Morgan fingerprint density at radius 2 is 2.13 bits per heavy atom. The molecule has 7 heteroatoms. The first kappa shape index (κ1) is 17.3. The molecule has 1 aromatic carbocycles. The Kier molecular flexibility index (Phi) is 5.26. The molecule has 1 atom stereocenters. The quantitative estimate of drug-likeness (QED) is 0.897. The van der Waals surface area contributed by atoms with Crippen LogP contribution < -0.4 is 10.6 Å². The van der Waals surface area contributed by atoms with Gasteiger partial charge in [-0.25, -0.2) is 9.18 Å². The van der Waals surface area contributed by atoms with Gasteiger partial charge in [-0.05, 0) is 38.5 Å². The molecule has 1 heterocycles. The molecule has 1 aromatic heterocycles. The zero-order valence-corrected chi connectivity index (χ0v) is 14.3. The van der Waals surface area contributed by atoms with Crippen molar-refractivity contribution in [2.45, 2.75) is 33.4 Å². The Labute approximate surface area is 139 Å². The van der Waals surface area contributed by atoms with Gasteiger partial charge in [0, 0.05) is 24.8 Å². The van der Waals surface area contributed by atoms with Gasteiger partial charge < -0.3 is 10.6 Å². The van der Waals surface area contributed by atoms with Gasteiger partial charge in [0.05, 0.1) is 16.8 Å². The van der Waals surface area contributed by atoms with E-state index in [1.54, 1.807) is 10.7 Å². The number of hydrogen-bond donors (Lipinski definition) is 2. The van der Waals surface area contributed by atoms with Gasteiger partial charge in [-0.1, -0.05) is 17.7 Å². The van der Waals surface area contributed by atoms with Crippen molar-refractivity contribution in [1.82, 2.24) is 20.4 Å². The zero-order chi connectivity index (χ0) is 17.1. The maximum absolute atomic E-state index is 13.1. The molecule has 2 aromatic rings. The molecule has 0 aliphatic rings. The molecule has 23 heavy (non-hydrogen) atoms. The molecule has 5 nitrogen and oxygen atoms in total. The van der Waals surface area contributed by atoms with E-state index in [4.69, 9.17) is 11.6 Å². The monoisotopic (exact) mass is 338 g/mol. The van der Waals surface area contributed by atoms with E-state index in [2.05, 4.69) is 15.7 Å². The minimum atomic E-state index is -0.476. The molecule has 0 saturated carbocycles. The van der Waals surface area contributed by atoms with Gasteiger partial charge in [-0.15, -0.1) is 0 Å². The summed E-state index contributed by atoms with van der Waals surface area (Å²) in [6, 6.07) is 3.89. The molecule has 124 valence electrons. The Morgan fingerprint density at radius 1 is 1.43 bits per heavy atom. The second-order valence-electron chi connectivity index (χ2n) is 5.51. The van der Waals surface area contributed by atoms with Crippen molar-refractivity contribution < 1.29 is 9.18 Å². The lowest BCUT2D eigenvalue weighted by Crippen LogP contribution is -2.37. The van der Waals surface area contributed by atoms with E-state index in [1.807, 2.05) is 27.8 Å². The summed E-state index contributed by atoms with van der Waals surface area (Å²) >= 11 is 5.72. The first-order chi connectivity index (χ1) is 10.8. The molecule has 2 rings (SSSR count). The van der Waals surface area contributed by atoms with Gasteiger partial charge in [0.15, 0.2) is 0 Å². The third-order valence-corrected chi connectivity index (χ3v) is 4.07. The van der Waals surface area contributed by atoms with E-state index >= 15 is 0 Å². The van der Waals surface area contributed by atoms with E-state index in [9.17, 15) is 9.18 Å². The Morgan fingerprint density at radius 3 is 2.70 bits per heavy atom. The number of aryl methyl sites for hydroxylation is 2. The van der Waals surface area contributed by atoms with Crippen LogP contribution in [0.3, 0.4) is 0 Å². The van der Waals surface area contributed by atoms with Crippen LogP contribution in [0, 0.1) is 19.7 Å². The van der Waals surface area contributed by atoms with Gasteiger partial charge in [-0.2, -0.15) is 5.10 Å². The summed E-state index contributed by atoms with van der Waals surface area (Å²) < 4.78 is 14.9. The summed E-state index contributed by atoms with van der Waals surface area (Å²) in [7, 11) is 1.87. The largest absolute Gasteiger partial charge is 0.334 e. The van der Waals surface area contributed by atoms with Crippen LogP contribution in [0.15, 0.2) is 18.2 Å². The Balaban J connectivity index is 1.95. The fourth-order valence-corrected chi connectivity index (χ4v) is 2.77. The Hall–Kier alpha value is -2.08. The summed E-state index contributed by atoms with van der Waals surface area (Å²) in [5.74, 6) is -0.476. The average Bonchev–Trinajstić information content (AvgIpc) is 2.73. The van der Waals surface area contributed by atoms with E-state index in [-0.39, 0.29) is 23.6 Å². The van der Waals surface area contributed by atoms with Crippen molar-refractivity contribution in [3.63, 3.8) is 0 Å². The minimum absolute atomic E-state index is 0.0414. The van der Waals surface area contributed by atoms with Crippen molar-refractivity contribution in [3.05, 3.63) is 51.6 Å². The molecule has 0 unspecified atom stereocenters. The van der Waals surface area contributed by atoms with Crippen LogP contribution in [0.1, 0.15) is 35.5 Å². The summed E-state index contributed by atoms with van der Waals surface area (Å²) in [4.78, 5) is 12.0. The molecule has 0 bridgehead atoms. The molecule has 2 amide bonds. The number of urea groups is 1. The number of benzene rings is 1. The van der Waals surface area contributed by atoms with Crippen LogP contribution in [0.2, 0.25) is 5.02 Å².